The summed E-state index contributed by atoms with van der Waals surface area (Å²) >= 11 is 2.15. The lowest BCUT2D eigenvalue weighted by molar-refractivity contribution is -0.159. The molecule has 0 bridgehead atoms. The minimum Gasteiger partial charge on any atom is -0.392 e. The van der Waals surface area contributed by atoms with Crippen LogP contribution in [0, 0.1) is 0 Å². The van der Waals surface area contributed by atoms with Gasteiger partial charge in [0, 0.05) is 6.42 Å². The largest absolute Gasteiger partial charge is 0.392 e. The van der Waals surface area contributed by atoms with Crippen LogP contribution in [0.15, 0.2) is 0 Å². The molecule has 0 aliphatic heterocycles. The van der Waals surface area contributed by atoms with Gasteiger partial charge in [-0.25, -0.2) is 0 Å². The molecule has 4 heteroatoms. The zero-order valence-electron chi connectivity index (χ0n) is 27.1. The quantitative estimate of drug-likeness (QED) is 0.0234. The number of hydrogen-bond acceptors (Lipinski definition) is 3. The first-order valence-corrected chi connectivity index (χ1v) is 19.2. The summed E-state index contributed by atoms with van der Waals surface area (Å²) in [7, 11) is 0. The maximum absolute atomic E-state index is 12.2. The Morgan fingerprint density at radius 3 is 1.05 bits per heavy atom. The molecule has 0 fully saturated rings. The summed E-state index contributed by atoms with van der Waals surface area (Å²) in [5.74, 6) is -0.663. The molecule has 0 heterocycles. The first-order valence-electron chi connectivity index (χ1n) is 18.0. The van der Waals surface area contributed by atoms with Crippen molar-refractivity contribution >= 4 is 34.5 Å². The van der Waals surface area contributed by atoms with Gasteiger partial charge in [-0.2, -0.15) is 0 Å². The third-order valence-electron chi connectivity index (χ3n) is 8.27. The highest BCUT2D eigenvalue weighted by Gasteiger charge is 2.19. The summed E-state index contributed by atoms with van der Waals surface area (Å²) in [5.41, 5.74) is 0. The normalized spacial score (nSPS) is 12.1. The fourth-order valence-electron chi connectivity index (χ4n) is 5.50. The molecule has 0 N–H and O–H groups in total. The molecule has 0 saturated heterocycles. The van der Waals surface area contributed by atoms with Crippen LogP contribution < -0.4 is 0 Å². The second-order valence-corrected chi connectivity index (χ2v) is 13.8. The lowest BCUT2D eigenvalue weighted by atomic mass is 10.0. The van der Waals surface area contributed by atoms with E-state index in [4.69, 9.17) is 4.74 Å². The number of hydrogen-bond donors (Lipinski definition) is 0. The molecular weight excluding hydrogens is 607 g/mol. The number of halogens is 1. The van der Waals surface area contributed by atoms with Crippen LogP contribution in [-0.4, -0.2) is 15.9 Å². The first-order chi connectivity index (χ1) is 19.6. The molecular formula is C36H69IO3. The molecule has 0 amide bonds. The predicted molar refractivity (Wildman–Crippen MR) is 183 cm³/mol. The monoisotopic (exact) mass is 676 g/mol. The summed E-state index contributed by atoms with van der Waals surface area (Å²) < 4.78 is 4.92. The third kappa shape index (κ3) is 30.8. The maximum Gasteiger partial charge on any atom is 0.326 e. The zero-order valence-corrected chi connectivity index (χ0v) is 29.3. The molecule has 0 rings (SSSR count). The van der Waals surface area contributed by atoms with E-state index < -0.39 is 0 Å². The van der Waals surface area contributed by atoms with Crippen LogP contribution in [0.2, 0.25) is 0 Å². The van der Waals surface area contributed by atoms with E-state index in [0.29, 0.717) is 6.42 Å². The van der Waals surface area contributed by atoms with Crippen LogP contribution in [-0.2, 0) is 14.3 Å². The van der Waals surface area contributed by atoms with E-state index in [1.165, 1.54) is 167 Å². The molecule has 0 aromatic rings. The number of ether oxygens (including phenoxy) is 1. The van der Waals surface area contributed by atoms with E-state index in [9.17, 15) is 9.59 Å². The minimum atomic E-state index is -0.332. The van der Waals surface area contributed by atoms with Crippen LogP contribution in [0.4, 0.5) is 0 Å². The van der Waals surface area contributed by atoms with Crippen molar-refractivity contribution in [3.63, 3.8) is 0 Å². The first kappa shape index (κ1) is 39.9. The SMILES string of the molecule is CCCCCCCCCCCCCCCCCC(=O)OC(=O)C(I)CCCCCCCCCCCCCCCC. The van der Waals surface area contributed by atoms with E-state index in [1.807, 2.05) is 0 Å². The van der Waals surface area contributed by atoms with Crippen molar-refractivity contribution in [3.05, 3.63) is 0 Å². The van der Waals surface area contributed by atoms with E-state index >= 15 is 0 Å². The van der Waals surface area contributed by atoms with Gasteiger partial charge in [0.15, 0.2) is 0 Å². The molecule has 0 radical (unpaired) electrons. The summed E-state index contributed by atoms with van der Waals surface area (Å²) in [6.07, 6.45) is 39.5. The fraction of sp³-hybridized carbons (Fsp3) is 0.944. The minimum absolute atomic E-state index is 0.195. The molecule has 0 aliphatic carbocycles. The van der Waals surface area contributed by atoms with E-state index in [0.717, 1.165) is 25.7 Å². The molecule has 0 aromatic heterocycles. The fourth-order valence-corrected chi connectivity index (χ4v) is 6.07. The van der Waals surface area contributed by atoms with Gasteiger partial charge >= 0.3 is 11.9 Å². The van der Waals surface area contributed by atoms with Crippen molar-refractivity contribution in [1.82, 2.24) is 0 Å². The molecule has 3 nitrogen and oxygen atoms in total. The maximum atomic E-state index is 12.2. The molecule has 238 valence electrons. The van der Waals surface area contributed by atoms with Crippen LogP contribution in [0.5, 0.6) is 0 Å². The number of alkyl halides is 1. The van der Waals surface area contributed by atoms with E-state index in [2.05, 4.69) is 36.4 Å². The van der Waals surface area contributed by atoms with Crippen molar-refractivity contribution in [2.75, 3.05) is 0 Å². The molecule has 0 spiro atoms. The molecule has 0 aliphatic rings. The highest BCUT2D eigenvalue weighted by atomic mass is 127. The summed E-state index contributed by atoms with van der Waals surface area (Å²) in [6, 6.07) is 0. The smallest absolute Gasteiger partial charge is 0.326 e. The van der Waals surface area contributed by atoms with Crippen LogP contribution in [0.25, 0.3) is 0 Å². The third-order valence-corrected chi connectivity index (χ3v) is 9.40. The van der Waals surface area contributed by atoms with Gasteiger partial charge in [-0.1, -0.05) is 216 Å². The second-order valence-electron chi connectivity index (χ2n) is 12.3. The summed E-state index contributed by atoms with van der Waals surface area (Å²) in [6.45, 7) is 4.55. The number of unbranched alkanes of at least 4 members (excludes halogenated alkanes) is 27. The number of rotatable bonds is 32. The second kappa shape index (κ2) is 33.4. The van der Waals surface area contributed by atoms with Crippen molar-refractivity contribution in [2.24, 2.45) is 0 Å². The van der Waals surface area contributed by atoms with Crippen LogP contribution in [0.3, 0.4) is 0 Å². The summed E-state index contributed by atoms with van der Waals surface area (Å²) in [4.78, 5) is 24.3. The van der Waals surface area contributed by atoms with Crippen molar-refractivity contribution < 1.29 is 14.3 Å². The van der Waals surface area contributed by atoms with Gasteiger partial charge < -0.3 is 4.74 Å². The summed E-state index contributed by atoms with van der Waals surface area (Å²) in [5, 5.41) is 0. The van der Waals surface area contributed by atoms with Crippen LogP contribution in [0.1, 0.15) is 213 Å². The van der Waals surface area contributed by atoms with Crippen molar-refractivity contribution in [2.45, 2.75) is 217 Å². The topological polar surface area (TPSA) is 43.4 Å². The van der Waals surface area contributed by atoms with Gasteiger partial charge in [-0.15, -0.1) is 0 Å². The number of carbonyl (C=O) groups excluding carboxylic acids is 2. The highest BCUT2D eigenvalue weighted by molar-refractivity contribution is 14.1. The Kier molecular flexibility index (Phi) is 33.3. The standard InChI is InChI=1S/C36H69IO3/c1-3-5-7-9-11-13-15-17-19-21-23-25-27-29-31-33-35(38)40-36(39)34(37)32-30-28-26-24-22-20-18-16-14-12-10-8-6-4-2/h34H,3-33H2,1-2H3. The van der Waals surface area contributed by atoms with Gasteiger partial charge in [0.1, 0.15) is 3.92 Å². The Bertz CT molecular complexity index is 536. The average Bonchev–Trinajstić information content (AvgIpc) is 2.95. The number of esters is 2. The average molecular weight is 677 g/mol. The van der Waals surface area contributed by atoms with Gasteiger partial charge in [0.2, 0.25) is 0 Å². The molecule has 0 aromatic carbocycles. The Hall–Kier alpha value is -0.130. The Balaban J connectivity index is 3.40. The van der Waals surface area contributed by atoms with E-state index in [-0.39, 0.29) is 15.9 Å². The van der Waals surface area contributed by atoms with Gasteiger partial charge in [-0.05, 0) is 12.8 Å². The molecule has 1 unspecified atom stereocenters. The number of carbonyl (C=O) groups is 2. The highest BCUT2D eigenvalue weighted by Crippen LogP contribution is 2.18. The van der Waals surface area contributed by atoms with Gasteiger partial charge in [0.05, 0.1) is 0 Å². The molecule has 0 saturated carbocycles. The van der Waals surface area contributed by atoms with Crippen molar-refractivity contribution in [1.29, 1.82) is 0 Å². The molecule has 1 atom stereocenters. The van der Waals surface area contributed by atoms with Gasteiger partial charge in [0.25, 0.3) is 0 Å². The Morgan fingerprint density at radius 1 is 0.450 bits per heavy atom. The van der Waals surface area contributed by atoms with Crippen LogP contribution >= 0.6 is 22.6 Å². The van der Waals surface area contributed by atoms with E-state index in [1.54, 1.807) is 0 Å². The van der Waals surface area contributed by atoms with Gasteiger partial charge in [-0.3, -0.25) is 9.59 Å². The Morgan fingerprint density at radius 2 is 0.725 bits per heavy atom. The lowest BCUT2D eigenvalue weighted by Crippen LogP contribution is -2.21. The molecule has 40 heavy (non-hydrogen) atoms. The van der Waals surface area contributed by atoms with Crippen molar-refractivity contribution in [3.8, 4) is 0 Å². The Labute approximate surface area is 264 Å². The predicted octanol–water partition coefficient (Wildman–Crippen LogP) is 13.0. The lowest BCUT2D eigenvalue weighted by Gasteiger charge is -2.09. The zero-order chi connectivity index (χ0) is 29.4.